The number of nitrogens with two attached hydrogens (primary N) is 1. The number of hydrogen-bond donors (Lipinski definition) is 3. The summed E-state index contributed by atoms with van der Waals surface area (Å²) in [6, 6.07) is 4.72. The Morgan fingerprint density at radius 2 is 2.10 bits per heavy atom. The van der Waals surface area contributed by atoms with Crippen molar-refractivity contribution in [3.05, 3.63) is 40.7 Å². The van der Waals surface area contributed by atoms with E-state index in [4.69, 9.17) is 5.73 Å². The molecule has 1 saturated heterocycles. The zero-order valence-corrected chi connectivity index (χ0v) is 19.3. The molecule has 5 heterocycles. The smallest absolute Gasteiger partial charge is 0.158 e. The Labute approximate surface area is 185 Å². The average Bonchev–Trinajstić information content (AvgIpc) is 3.42. The Hall–Kier alpha value is -2.26. The number of nitrogens with one attached hydrogen (secondary N) is 1. The van der Waals surface area contributed by atoms with Crippen LogP contribution in [0.15, 0.2) is 24.7 Å². The molecule has 164 valence electrons. The highest BCUT2D eigenvalue weighted by atomic mass is 32.1. The second-order valence-electron chi connectivity index (χ2n) is 9.16. The van der Waals surface area contributed by atoms with E-state index in [2.05, 4.69) is 59.8 Å². The number of aliphatic hydroxyl groups excluding tert-OH is 1. The van der Waals surface area contributed by atoms with E-state index < -0.39 is 6.23 Å². The number of H-pyrrole nitrogens is 1. The quantitative estimate of drug-likeness (QED) is 0.444. The summed E-state index contributed by atoms with van der Waals surface area (Å²) in [5.74, 6) is 0.335. The maximum Gasteiger partial charge on any atom is 0.158 e. The first-order valence-corrected chi connectivity index (χ1v) is 11.8. The molecule has 1 unspecified atom stereocenters. The SMILES string of the molecule is Cc1cc(-c2[nH]c3cc(C(O)N4C[C@@H](N)CC[C@H]4C)sc3c2C(C)C)cn2ncnc12. The highest BCUT2D eigenvalue weighted by Crippen LogP contribution is 2.42. The minimum Gasteiger partial charge on any atom is -0.373 e. The summed E-state index contributed by atoms with van der Waals surface area (Å²) in [5, 5.41) is 15.5. The Bertz CT molecular complexity index is 1240. The van der Waals surface area contributed by atoms with Gasteiger partial charge in [0.25, 0.3) is 0 Å². The van der Waals surface area contributed by atoms with Crippen LogP contribution >= 0.6 is 11.3 Å². The van der Waals surface area contributed by atoms with Crippen LogP contribution < -0.4 is 5.73 Å². The monoisotopic (exact) mass is 438 g/mol. The lowest BCUT2D eigenvalue weighted by atomic mass is 9.99. The number of rotatable bonds is 4. The minimum absolute atomic E-state index is 0.128. The van der Waals surface area contributed by atoms with Crippen molar-refractivity contribution in [1.29, 1.82) is 0 Å². The van der Waals surface area contributed by atoms with Crippen LogP contribution in [0.25, 0.3) is 27.1 Å². The largest absolute Gasteiger partial charge is 0.373 e. The summed E-state index contributed by atoms with van der Waals surface area (Å²) in [4.78, 5) is 11.1. The molecule has 1 fully saturated rings. The van der Waals surface area contributed by atoms with E-state index in [9.17, 15) is 5.11 Å². The number of likely N-dealkylation sites (tertiary alicyclic amines) is 1. The van der Waals surface area contributed by atoms with Gasteiger partial charge in [-0.05, 0) is 55.9 Å². The Kier molecular flexibility index (Phi) is 5.13. The van der Waals surface area contributed by atoms with Crippen LogP contribution in [0.5, 0.6) is 0 Å². The van der Waals surface area contributed by atoms with Gasteiger partial charge in [-0.1, -0.05) is 13.8 Å². The average molecular weight is 439 g/mol. The summed E-state index contributed by atoms with van der Waals surface area (Å²) in [6.07, 6.45) is 5.04. The molecule has 4 N–H and O–H groups in total. The lowest BCUT2D eigenvalue weighted by Crippen LogP contribution is -2.48. The van der Waals surface area contributed by atoms with Crippen LogP contribution in [-0.4, -0.2) is 48.2 Å². The molecular weight excluding hydrogens is 408 g/mol. The van der Waals surface area contributed by atoms with Crippen molar-refractivity contribution < 1.29 is 5.11 Å². The van der Waals surface area contributed by atoms with Gasteiger partial charge < -0.3 is 15.8 Å². The molecule has 4 aromatic rings. The number of aliphatic hydroxyl groups is 1. The Balaban J connectivity index is 1.57. The molecule has 8 heteroatoms. The van der Waals surface area contributed by atoms with Gasteiger partial charge in [-0.2, -0.15) is 5.10 Å². The molecule has 0 saturated carbocycles. The number of nitrogens with zero attached hydrogens (tertiary/aromatic N) is 4. The lowest BCUT2D eigenvalue weighted by molar-refractivity contribution is -0.0401. The van der Waals surface area contributed by atoms with Crippen molar-refractivity contribution in [2.45, 2.75) is 64.8 Å². The first kappa shape index (κ1) is 20.6. The molecule has 0 bridgehead atoms. The minimum atomic E-state index is -0.621. The molecule has 0 aliphatic carbocycles. The molecule has 1 aliphatic rings. The molecule has 5 rings (SSSR count). The fraction of sp³-hybridized carbons (Fsp3) is 0.478. The van der Waals surface area contributed by atoms with Gasteiger partial charge in [0.1, 0.15) is 12.6 Å². The van der Waals surface area contributed by atoms with E-state index in [1.165, 1.54) is 10.3 Å². The van der Waals surface area contributed by atoms with Gasteiger partial charge in [0, 0.05) is 30.4 Å². The van der Waals surface area contributed by atoms with Crippen LogP contribution in [0.4, 0.5) is 0 Å². The number of fused-ring (bicyclic) bond motifs is 2. The van der Waals surface area contributed by atoms with Crippen molar-refractivity contribution in [3.8, 4) is 11.3 Å². The molecule has 7 nitrogen and oxygen atoms in total. The molecule has 0 radical (unpaired) electrons. The van der Waals surface area contributed by atoms with E-state index in [-0.39, 0.29) is 6.04 Å². The standard InChI is InChI=1S/C23H30N6OS/c1-12(2)19-20(15-7-13(3)22-25-11-26-29(22)9-15)27-17-8-18(31-21(17)19)23(30)28-10-16(24)6-5-14(28)4/h7-9,11-12,14,16,23,27,30H,5-6,10,24H2,1-4H3/t14-,16+,23?/m1/s1. The number of aryl methyl sites for hydroxylation is 1. The zero-order valence-electron chi connectivity index (χ0n) is 18.5. The summed E-state index contributed by atoms with van der Waals surface area (Å²) in [5.41, 5.74) is 12.7. The first-order valence-electron chi connectivity index (χ1n) is 11.0. The van der Waals surface area contributed by atoms with Crippen molar-refractivity contribution >= 4 is 27.2 Å². The van der Waals surface area contributed by atoms with Crippen molar-refractivity contribution in [3.63, 3.8) is 0 Å². The molecule has 31 heavy (non-hydrogen) atoms. The summed E-state index contributed by atoms with van der Waals surface area (Å²) in [6.45, 7) is 9.40. The summed E-state index contributed by atoms with van der Waals surface area (Å²) in [7, 11) is 0. The first-order chi connectivity index (χ1) is 14.8. The number of piperidine rings is 1. The van der Waals surface area contributed by atoms with E-state index in [0.29, 0.717) is 12.0 Å². The topological polar surface area (TPSA) is 95.5 Å². The molecule has 0 spiro atoms. The normalized spacial score (nSPS) is 21.5. The fourth-order valence-electron chi connectivity index (χ4n) is 4.82. The highest BCUT2D eigenvalue weighted by Gasteiger charge is 2.31. The predicted octanol–water partition coefficient (Wildman–Crippen LogP) is 4.17. The van der Waals surface area contributed by atoms with E-state index >= 15 is 0 Å². The van der Waals surface area contributed by atoms with E-state index in [0.717, 1.165) is 52.2 Å². The summed E-state index contributed by atoms with van der Waals surface area (Å²) >= 11 is 1.68. The second kappa shape index (κ2) is 7.70. The van der Waals surface area contributed by atoms with Gasteiger partial charge in [0.05, 0.1) is 20.8 Å². The molecule has 4 aromatic heterocycles. The highest BCUT2D eigenvalue weighted by molar-refractivity contribution is 7.19. The molecule has 0 aromatic carbocycles. The summed E-state index contributed by atoms with van der Waals surface area (Å²) < 4.78 is 3.05. The van der Waals surface area contributed by atoms with Crippen LogP contribution in [0.1, 0.15) is 61.8 Å². The van der Waals surface area contributed by atoms with Gasteiger partial charge in [-0.3, -0.25) is 4.90 Å². The third-order valence-electron chi connectivity index (χ3n) is 6.49. The predicted molar refractivity (Wildman–Crippen MR) is 125 cm³/mol. The van der Waals surface area contributed by atoms with Crippen LogP contribution in [0, 0.1) is 6.92 Å². The molecule has 3 atom stereocenters. The second-order valence-corrected chi connectivity index (χ2v) is 10.2. The third-order valence-corrected chi connectivity index (χ3v) is 7.69. The number of aromatic nitrogens is 4. The number of aromatic amines is 1. The molecular formula is C23H30N6OS. The molecule has 0 amide bonds. The lowest BCUT2D eigenvalue weighted by Gasteiger charge is -2.39. The van der Waals surface area contributed by atoms with Crippen molar-refractivity contribution in [1.82, 2.24) is 24.5 Å². The maximum absolute atomic E-state index is 11.1. The Morgan fingerprint density at radius 3 is 2.87 bits per heavy atom. The van der Waals surface area contributed by atoms with Crippen molar-refractivity contribution in [2.75, 3.05) is 6.54 Å². The number of pyridine rings is 1. The Morgan fingerprint density at radius 1 is 1.29 bits per heavy atom. The fourth-order valence-corrected chi connectivity index (χ4v) is 6.14. The van der Waals surface area contributed by atoms with E-state index in [1.807, 2.05) is 10.7 Å². The number of thiophene rings is 1. The van der Waals surface area contributed by atoms with Gasteiger partial charge in [-0.15, -0.1) is 11.3 Å². The molecule has 1 aliphatic heterocycles. The zero-order chi connectivity index (χ0) is 21.9. The van der Waals surface area contributed by atoms with Crippen LogP contribution in [0.3, 0.4) is 0 Å². The van der Waals surface area contributed by atoms with Gasteiger partial charge in [-0.25, -0.2) is 9.50 Å². The number of hydrogen-bond acceptors (Lipinski definition) is 6. The van der Waals surface area contributed by atoms with Gasteiger partial charge in [0.2, 0.25) is 0 Å². The maximum atomic E-state index is 11.1. The van der Waals surface area contributed by atoms with Crippen molar-refractivity contribution in [2.24, 2.45) is 5.73 Å². The van der Waals surface area contributed by atoms with Gasteiger partial charge in [0.15, 0.2) is 5.65 Å². The van der Waals surface area contributed by atoms with Crippen LogP contribution in [-0.2, 0) is 0 Å². The van der Waals surface area contributed by atoms with Gasteiger partial charge >= 0.3 is 0 Å². The van der Waals surface area contributed by atoms with E-state index in [1.54, 1.807) is 17.7 Å². The third kappa shape index (κ3) is 3.47. The van der Waals surface area contributed by atoms with Crippen LogP contribution in [0.2, 0.25) is 0 Å².